The van der Waals surface area contributed by atoms with Gasteiger partial charge >= 0.3 is 5.97 Å². The van der Waals surface area contributed by atoms with Crippen LogP contribution < -0.4 is 5.32 Å². The van der Waals surface area contributed by atoms with E-state index in [4.69, 9.17) is 23.2 Å². The molecule has 1 aliphatic heterocycles. The van der Waals surface area contributed by atoms with Crippen LogP contribution in [-0.2, 0) is 19.6 Å². The average Bonchev–Trinajstić information content (AvgIpc) is 3.12. The van der Waals surface area contributed by atoms with Crippen LogP contribution in [-0.4, -0.2) is 48.3 Å². The molecule has 7 nitrogen and oxygen atoms in total. The van der Waals surface area contributed by atoms with Gasteiger partial charge in [-0.15, -0.1) is 0 Å². The van der Waals surface area contributed by atoms with Crippen LogP contribution in [0.25, 0.3) is 0 Å². The van der Waals surface area contributed by atoms with Crippen molar-refractivity contribution in [3.8, 4) is 0 Å². The molecule has 28 heavy (non-hydrogen) atoms. The van der Waals surface area contributed by atoms with Gasteiger partial charge in [-0.2, -0.15) is 4.31 Å². The molecule has 2 aliphatic rings. The first-order valence-electron chi connectivity index (χ1n) is 9.21. The molecule has 154 valence electrons. The molecule has 0 aromatic heterocycles. The maximum absolute atomic E-state index is 13.1. The summed E-state index contributed by atoms with van der Waals surface area (Å²) < 4.78 is 27.3. The fourth-order valence-corrected chi connectivity index (χ4v) is 6.36. The first kappa shape index (κ1) is 21.4. The number of benzene rings is 1. The SMILES string of the molecule is O=C(O)C1CCCCC1NC(=O)[C@@H]1CCCN1S(=O)(=O)c1cc(Cl)cc(Cl)c1. The average molecular weight is 449 g/mol. The summed E-state index contributed by atoms with van der Waals surface area (Å²) in [6.07, 6.45) is 3.65. The zero-order chi connectivity index (χ0) is 20.5. The molecule has 3 rings (SSSR count). The molecule has 1 aliphatic carbocycles. The van der Waals surface area contributed by atoms with E-state index in [0.717, 1.165) is 17.1 Å². The van der Waals surface area contributed by atoms with Gasteiger partial charge in [-0.25, -0.2) is 8.42 Å². The van der Waals surface area contributed by atoms with Gasteiger partial charge in [0.1, 0.15) is 6.04 Å². The molecular formula is C18H22Cl2N2O5S. The number of amides is 1. The van der Waals surface area contributed by atoms with Crippen molar-refractivity contribution in [3.05, 3.63) is 28.2 Å². The third-order valence-corrected chi connectivity index (χ3v) is 7.68. The number of sulfonamides is 1. The maximum atomic E-state index is 13.1. The maximum Gasteiger partial charge on any atom is 0.308 e. The predicted octanol–water partition coefficient (Wildman–Crippen LogP) is 2.91. The normalized spacial score (nSPS) is 26.1. The predicted molar refractivity (Wildman–Crippen MR) is 105 cm³/mol. The summed E-state index contributed by atoms with van der Waals surface area (Å²) in [5, 5.41) is 12.6. The Hall–Kier alpha value is -1.35. The van der Waals surface area contributed by atoms with Gasteiger partial charge in [0.15, 0.2) is 0 Å². The number of hydrogen-bond donors (Lipinski definition) is 2. The van der Waals surface area contributed by atoms with Crippen molar-refractivity contribution in [2.45, 2.75) is 55.5 Å². The molecule has 1 saturated heterocycles. The lowest BCUT2D eigenvalue weighted by atomic mass is 9.84. The van der Waals surface area contributed by atoms with Crippen LogP contribution in [0.3, 0.4) is 0 Å². The minimum absolute atomic E-state index is 0.0641. The summed E-state index contributed by atoms with van der Waals surface area (Å²) in [4.78, 5) is 24.2. The van der Waals surface area contributed by atoms with E-state index in [0.29, 0.717) is 25.7 Å². The highest BCUT2D eigenvalue weighted by Crippen LogP contribution is 2.31. The fourth-order valence-electron chi connectivity index (χ4n) is 3.98. The standard InChI is InChI=1S/C18H22Cl2N2O5S/c19-11-8-12(20)10-13(9-11)28(26,27)22-7-3-6-16(22)17(23)21-15-5-2-1-4-14(15)18(24)25/h8-10,14-16H,1-7H2,(H,21,23)(H,24,25)/t14?,15?,16-/m0/s1. The number of halogens is 2. The first-order valence-corrected chi connectivity index (χ1v) is 11.4. The monoisotopic (exact) mass is 448 g/mol. The van der Waals surface area contributed by atoms with Crippen molar-refractivity contribution in [1.82, 2.24) is 9.62 Å². The number of aliphatic carboxylic acids is 1. The molecule has 2 N–H and O–H groups in total. The second kappa shape index (κ2) is 8.57. The van der Waals surface area contributed by atoms with Gasteiger partial charge in [-0.1, -0.05) is 36.0 Å². The third kappa shape index (κ3) is 4.45. The summed E-state index contributed by atoms with van der Waals surface area (Å²) in [5.74, 6) is -2.03. The molecule has 0 bridgehead atoms. The van der Waals surface area contributed by atoms with Gasteiger partial charge < -0.3 is 10.4 Å². The second-order valence-electron chi connectivity index (χ2n) is 7.22. The molecule has 0 radical (unpaired) electrons. The Labute approximate surface area is 174 Å². The summed E-state index contributed by atoms with van der Waals surface area (Å²) in [7, 11) is -3.96. The molecule has 3 atom stereocenters. The van der Waals surface area contributed by atoms with Gasteiger partial charge in [-0.3, -0.25) is 9.59 Å². The second-order valence-corrected chi connectivity index (χ2v) is 9.99. The molecule has 2 fully saturated rings. The van der Waals surface area contributed by atoms with Crippen LogP contribution in [0, 0.1) is 5.92 Å². The largest absolute Gasteiger partial charge is 0.481 e. The van der Waals surface area contributed by atoms with E-state index in [9.17, 15) is 23.1 Å². The first-order chi connectivity index (χ1) is 13.2. The zero-order valence-corrected chi connectivity index (χ0v) is 17.4. The Morgan fingerprint density at radius 2 is 1.68 bits per heavy atom. The third-order valence-electron chi connectivity index (χ3n) is 5.36. The van der Waals surface area contributed by atoms with E-state index >= 15 is 0 Å². The quantitative estimate of drug-likeness (QED) is 0.720. The van der Waals surface area contributed by atoms with Gasteiger partial charge in [-0.05, 0) is 43.9 Å². The molecule has 1 aromatic carbocycles. The molecule has 1 saturated carbocycles. The van der Waals surface area contributed by atoms with Gasteiger partial charge in [0, 0.05) is 22.6 Å². The Morgan fingerprint density at radius 3 is 2.32 bits per heavy atom. The highest BCUT2D eigenvalue weighted by Gasteiger charge is 2.41. The molecule has 10 heteroatoms. The number of carboxylic acids is 1. The van der Waals surface area contributed by atoms with Crippen molar-refractivity contribution < 1.29 is 23.1 Å². The Morgan fingerprint density at radius 1 is 1.04 bits per heavy atom. The lowest BCUT2D eigenvalue weighted by Gasteiger charge is -2.31. The van der Waals surface area contributed by atoms with Gasteiger partial charge in [0.05, 0.1) is 10.8 Å². The van der Waals surface area contributed by atoms with Crippen LogP contribution in [0.2, 0.25) is 10.0 Å². The van der Waals surface area contributed by atoms with Crippen LogP contribution >= 0.6 is 23.2 Å². The molecule has 2 unspecified atom stereocenters. The Kier molecular flexibility index (Phi) is 6.54. The van der Waals surface area contributed by atoms with E-state index in [2.05, 4.69) is 5.32 Å². The van der Waals surface area contributed by atoms with Crippen molar-refractivity contribution in [3.63, 3.8) is 0 Å². The lowest BCUT2D eigenvalue weighted by molar-refractivity contribution is -0.144. The number of nitrogens with one attached hydrogen (secondary N) is 1. The molecule has 1 amide bonds. The topological polar surface area (TPSA) is 104 Å². The highest BCUT2D eigenvalue weighted by molar-refractivity contribution is 7.89. The van der Waals surface area contributed by atoms with E-state index in [1.807, 2.05) is 0 Å². The number of carbonyl (C=O) groups is 2. The molecule has 1 aromatic rings. The van der Waals surface area contributed by atoms with Gasteiger partial charge in [0.25, 0.3) is 0 Å². The van der Waals surface area contributed by atoms with E-state index in [-0.39, 0.29) is 21.5 Å². The minimum Gasteiger partial charge on any atom is -0.481 e. The summed E-state index contributed by atoms with van der Waals surface area (Å²) in [6, 6.07) is 2.68. The van der Waals surface area contributed by atoms with Crippen molar-refractivity contribution in [2.75, 3.05) is 6.54 Å². The van der Waals surface area contributed by atoms with Crippen LogP contribution in [0.4, 0.5) is 0 Å². The van der Waals surface area contributed by atoms with Crippen molar-refractivity contribution in [1.29, 1.82) is 0 Å². The number of rotatable bonds is 5. The number of nitrogens with zero attached hydrogens (tertiary/aromatic N) is 1. The van der Waals surface area contributed by atoms with Gasteiger partial charge in [0.2, 0.25) is 15.9 Å². The van der Waals surface area contributed by atoms with E-state index < -0.39 is 39.9 Å². The lowest BCUT2D eigenvalue weighted by Crippen LogP contribution is -2.52. The highest BCUT2D eigenvalue weighted by atomic mass is 35.5. The number of hydrogen-bond acceptors (Lipinski definition) is 4. The van der Waals surface area contributed by atoms with E-state index in [1.54, 1.807) is 0 Å². The Bertz CT molecular complexity index is 856. The summed E-state index contributed by atoms with van der Waals surface area (Å²) >= 11 is 11.9. The number of carboxylic acid groups (broad SMARTS) is 1. The summed E-state index contributed by atoms with van der Waals surface area (Å²) in [6.45, 7) is 0.206. The molecule has 1 heterocycles. The van der Waals surface area contributed by atoms with Crippen LogP contribution in [0.1, 0.15) is 38.5 Å². The van der Waals surface area contributed by atoms with Crippen LogP contribution in [0.5, 0.6) is 0 Å². The summed E-state index contributed by atoms with van der Waals surface area (Å²) in [5.41, 5.74) is 0. The molecular weight excluding hydrogens is 427 g/mol. The molecule has 0 spiro atoms. The smallest absolute Gasteiger partial charge is 0.308 e. The van der Waals surface area contributed by atoms with Crippen molar-refractivity contribution >= 4 is 45.1 Å². The number of carbonyl (C=O) groups excluding carboxylic acids is 1. The van der Waals surface area contributed by atoms with Crippen molar-refractivity contribution in [2.24, 2.45) is 5.92 Å². The van der Waals surface area contributed by atoms with E-state index in [1.165, 1.54) is 18.2 Å². The fraction of sp³-hybridized carbons (Fsp3) is 0.556. The van der Waals surface area contributed by atoms with Crippen LogP contribution in [0.15, 0.2) is 23.1 Å². The Balaban J connectivity index is 1.80. The minimum atomic E-state index is -3.96. The zero-order valence-electron chi connectivity index (χ0n) is 15.1.